The van der Waals surface area contributed by atoms with Crippen LogP contribution in [0, 0.1) is 12.8 Å². The van der Waals surface area contributed by atoms with Crippen molar-refractivity contribution in [2.45, 2.75) is 26.4 Å². The van der Waals surface area contributed by atoms with Crippen LogP contribution < -0.4 is 4.74 Å². The van der Waals surface area contributed by atoms with Crippen molar-refractivity contribution in [1.29, 1.82) is 0 Å². The number of carbonyl (C=O) groups is 1. The van der Waals surface area contributed by atoms with E-state index in [1.807, 2.05) is 60.5 Å². The van der Waals surface area contributed by atoms with Crippen LogP contribution in [0.15, 0.2) is 84.9 Å². The molecule has 1 aliphatic heterocycles. The highest BCUT2D eigenvalue weighted by Crippen LogP contribution is 2.20. The zero-order chi connectivity index (χ0) is 20.5. The SMILES string of the molecule is CN1CCC(Cc2ccccc2)C1=O.Cc1ccc(OCc2ccccc2)cc1. The first-order valence-electron chi connectivity index (χ1n) is 10.1. The van der Waals surface area contributed by atoms with Gasteiger partial charge in [0.25, 0.3) is 0 Å². The van der Waals surface area contributed by atoms with Crippen LogP contribution in [0.2, 0.25) is 0 Å². The minimum absolute atomic E-state index is 0.211. The van der Waals surface area contributed by atoms with E-state index in [1.54, 1.807) is 0 Å². The van der Waals surface area contributed by atoms with Gasteiger partial charge in [0.1, 0.15) is 12.4 Å². The number of ether oxygens (including phenoxy) is 1. The zero-order valence-corrected chi connectivity index (χ0v) is 17.3. The second kappa shape index (κ2) is 10.5. The Bertz CT molecular complexity index is 876. The Morgan fingerprint density at radius 3 is 2.00 bits per heavy atom. The van der Waals surface area contributed by atoms with Crippen LogP contribution in [-0.4, -0.2) is 24.4 Å². The molecule has 0 bridgehead atoms. The average Bonchev–Trinajstić information content (AvgIpc) is 3.07. The second-order valence-electron chi connectivity index (χ2n) is 7.52. The first kappa shape index (κ1) is 20.7. The molecule has 1 heterocycles. The van der Waals surface area contributed by atoms with Crippen LogP contribution >= 0.6 is 0 Å². The standard InChI is InChI=1S/C14H14O.C12H15NO/c1-12-7-9-14(10-8-12)15-11-13-5-3-2-4-6-13;1-13-8-7-11(12(13)14)9-10-5-3-2-4-6-10/h2-10H,11H2,1H3;2-6,11H,7-9H2,1H3. The third-order valence-corrected chi connectivity index (χ3v) is 5.13. The minimum Gasteiger partial charge on any atom is -0.489 e. The van der Waals surface area contributed by atoms with Gasteiger partial charge in [-0.3, -0.25) is 4.79 Å². The Kier molecular flexibility index (Phi) is 7.46. The number of carbonyl (C=O) groups excluding carboxylic acids is 1. The van der Waals surface area contributed by atoms with E-state index >= 15 is 0 Å². The number of aryl methyl sites for hydroxylation is 1. The molecule has 29 heavy (non-hydrogen) atoms. The maximum absolute atomic E-state index is 11.6. The quantitative estimate of drug-likeness (QED) is 0.596. The van der Waals surface area contributed by atoms with Crippen molar-refractivity contribution in [3.63, 3.8) is 0 Å². The van der Waals surface area contributed by atoms with Crippen LogP contribution in [0.1, 0.15) is 23.1 Å². The minimum atomic E-state index is 0.211. The summed E-state index contributed by atoms with van der Waals surface area (Å²) in [7, 11) is 1.88. The smallest absolute Gasteiger partial charge is 0.225 e. The van der Waals surface area contributed by atoms with Crippen LogP contribution in [0.25, 0.3) is 0 Å². The molecular formula is C26H29NO2. The summed E-state index contributed by atoms with van der Waals surface area (Å²) >= 11 is 0. The molecule has 1 aliphatic rings. The predicted molar refractivity (Wildman–Crippen MR) is 118 cm³/mol. The van der Waals surface area contributed by atoms with Crippen molar-refractivity contribution in [2.75, 3.05) is 13.6 Å². The number of hydrogen-bond donors (Lipinski definition) is 0. The molecule has 0 radical (unpaired) electrons. The van der Waals surface area contributed by atoms with Crippen LogP contribution in [0.3, 0.4) is 0 Å². The third kappa shape index (κ3) is 6.49. The van der Waals surface area contributed by atoms with Gasteiger partial charge >= 0.3 is 0 Å². The molecule has 0 aliphatic carbocycles. The number of rotatable bonds is 5. The Balaban J connectivity index is 0.000000166. The molecule has 1 atom stereocenters. The maximum Gasteiger partial charge on any atom is 0.225 e. The number of hydrogen-bond acceptors (Lipinski definition) is 2. The van der Waals surface area contributed by atoms with E-state index in [4.69, 9.17) is 4.74 Å². The fraction of sp³-hybridized carbons (Fsp3) is 0.269. The highest BCUT2D eigenvalue weighted by Gasteiger charge is 2.28. The van der Waals surface area contributed by atoms with E-state index < -0.39 is 0 Å². The van der Waals surface area contributed by atoms with Gasteiger partial charge in [-0.1, -0.05) is 78.4 Å². The number of nitrogens with zero attached hydrogens (tertiary/aromatic N) is 1. The largest absolute Gasteiger partial charge is 0.489 e. The fourth-order valence-corrected chi connectivity index (χ4v) is 3.36. The Morgan fingerprint density at radius 2 is 1.45 bits per heavy atom. The van der Waals surface area contributed by atoms with Crippen molar-refractivity contribution in [2.24, 2.45) is 5.92 Å². The lowest BCUT2D eigenvalue weighted by Crippen LogP contribution is -2.23. The molecule has 1 saturated heterocycles. The summed E-state index contributed by atoms with van der Waals surface area (Å²) in [6.07, 6.45) is 1.90. The van der Waals surface area contributed by atoms with Crippen molar-refractivity contribution in [3.05, 3.63) is 102 Å². The highest BCUT2D eigenvalue weighted by molar-refractivity contribution is 5.80. The number of likely N-dealkylation sites (tertiary alicyclic amines) is 1. The van der Waals surface area contributed by atoms with Gasteiger partial charge in [0.15, 0.2) is 0 Å². The molecule has 0 N–H and O–H groups in total. The molecule has 3 aromatic rings. The Labute approximate surface area is 174 Å². The Hall–Kier alpha value is -3.07. The summed E-state index contributed by atoms with van der Waals surface area (Å²) in [5, 5.41) is 0. The highest BCUT2D eigenvalue weighted by atomic mass is 16.5. The molecular weight excluding hydrogens is 358 g/mol. The van der Waals surface area contributed by atoms with E-state index in [2.05, 4.69) is 43.3 Å². The monoisotopic (exact) mass is 387 g/mol. The lowest BCUT2D eigenvalue weighted by Gasteiger charge is -2.09. The molecule has 4 rings (SSSR count). The van der Waals surface area contributed by atoms with E-state index in [9.17, 15) is 4.79 Å². The van der Waals surface area contributed by atoms with E-state index in [0.29, 0.717) is 12.5 Å². The van der Waals surface area contributed by atoms with Crippen LogP contribution in [0.4, 0.5) is 0 Å². The van der Waals surface area contributed by atoms with Crippen molar-refractivity contribution >= 4 is 5.91 Å². The van der Waals surface area contributed by atoms with Gasteiger partial charge in [-0.25, -0.2) is 0 Å². The fourth-order valence-electron chi connectivity index (χ4n) is 3.36. The van der Waals surface area contributed by atoms with Gasteiger partial charge in [0.2, 0.25) is 5.91 Å². The van der Waals surface area contributed by atoms with Gasteiger partial charge in [-0.05, 0) is 43.0 Å². The zero-order valence-electron chi connectivity index (χ0n) is 17.3. The van der Waals surface area contributed by atoms with Crippen molar-refractivity contribution in [1.82, 2.24) is 4.90 Å². The summed E-state index contributed by atoms with van der Waals surface area (Å²) in [6.45, 7) is 3.61. The third-order valence-electron chi connectivity index (χ3n) is 5.13. The molecule has 1 unspecified atom stereocenters. The van der Waals surface area contributed by atoms with Gasteiger partial charge in [0, 0.05) is 19.5 Å². The molecule has 0 saturated carbocycles. The molecule has 3 nitrogen and oxygen atoms in total. The number of benzene rings is 3. The van der Waals surface area contributed by atoms with E-state index in [1.165, 1.54) is 16.7 Å². The molecule has 1 amide bonds. The average molecular weight is 388 g/mol. The van der Waals surface area contributed by atoms with E-state index in [-0.39, 0.29) is 5.92 Å². The molecule has 3 heteroatoms. The molecule has 0 aromatic heterocycles. The predicted octanol–water partition coefficient (Wildman–Crippen LogP) is 5.28. The normalized spacial score (nSPS) is 15.6. The number of amides is 1. The van der Waals surface area contributed by atoms with Crippen molar-refractivity contribution < 1.29 is 9.53 Å². The van der Waals surface area contributed by atoms with Crippen molar-refractivity contribution in [3.8, 4) is 5.75 Å². The lowest BCUT2D eigenvalue weighted by atomic mass is 9.98. The van der Waals surface area contributed by atoms with Gasteiger partial charge in [-0.2, -0.15) is 0 Å². The van der Waals surface area contributed by atoms with E-state index in [0.717, 1.165) is 25.1 Å². The molecule has 1 fully saturated rings. The summed E-state index contributed by atoms with van der Waals surface area (Å²) in [6, 6.07) is 28.5. The molecule has 150 valence electrons. The van der Waals surface area contributed by atoms with Crippen LogP contribution in [0.5, 0.6) is 5.75 Å². The van der Waals surface area contributed by atoms with Gasteiger partial charge in [-0.15, -0.1) is 0 Å². The first-order valence-corrected chi connectivity index (χ1v) is 10.1. The van der Waals surface area contributed by atoms with Gasteiger partial charge < -0.3 is 9.64 Å². The first-order chi connectivity index (χ1) is 14.1. The summed E-state index contributed by atoms with van der Waals surface area (Å²) < 4.78 is 5.65. The topological polar surface area (TPSA) is 29.5 Å². The summed E-state index contributed by atoms with van der Waals surface area (Å²) in [4.78, 5) is 13.5. The molecule has 3 aromatic carbocycles. The molecule has 0 spiro atoms. The maximum atomic E-state index is 11.6. The second-order valence-corrected chi connectivity index (χ2v) is 7.52. The van der Waals surface area contributed by atoms with Crippen LogP contribution in [-0.2, 0) is 17.8 Å². The Morgan fingerprint density at radius 1 is 0.862 bits per heavy atom. The van der Waals surface area contributed by atoms with Gasteiger partial charge in [0.05, 0.1) is 0 Å². The summed E-state index contributed by atoms with van der Waals surface area (Å²) in [5.41, 5.74) is 3.71. The summed E-state index contributed by atoms with van der Waals surface area (Å²) in [5.74, 6) is 1.43. The lowest BCUT2D eigenvalue weighted by molar-refractivity contribution is -0.129.